The van der Waals surface area contributed by atoms with Gasteiger partial charge in [0.05, 0.1) is 0 Å². The van der Waals surface area contributed by atoms with Gasteiger partial charge >= 0.3 is 0 Å². The van der Waals surface area contributed by atoms with E-state index in [1.807, 2.05) is 6.08 Å². The molecule has 0 unspecified atom stereocenters. The zero-order valence-electron chi connectivity index (χ0n) is 11.1. The topological polar surface area (TPSA) is 55.1 Å². The van der Waals surface area contributed by atoms with E-state index in [2.05, 4.69) is 33.0 Å². The smallest absolute Gasteiger partial charge is 0.244 e. The molecule has 3 heteroatoms. The largest absolute Gasteiger partial charge is 0.366 e. The minimum Gasteiger partial charge on any atom is -0.366 e. The number of rotatable bonds is 2. The van der Waals surface area contributed by atoms with Crippen LogP contribution in [0.15, 0.2) is 11.6 Å². The van der Waals surface area contributed by atoms with Crippen molar-refractivity contribution in [2.45, 2.75) is 58.5 Å². The first-order chi connectivity index (χ1) is 7.11. The van der Waals surface area contributed by atoms with Crippen LogP contribution < -0.4 is 11.1 Å². The lowest BCUT2D eigenvalue weighted by molar-refractivity contribution is -0.114. The number of nitrogens with two attached hydrogens (primary N) is 1. The van der Waals surface area contributed by atoms with Gasteiger partial charge in [-0.2, -0.15) is 0 Å². The molecular formula is C13H24N2O. The second-order valence-corrected chi connectivity index (χ2v) is 6.28. The van der Waals surface area contributed by atoms with Crippen LogP contribution in [-0.4, -0.2) is 17.0 Å². The van der Waals surface area contributed by atoms with Crippen molar-refractivity contribution in [1.82, 2.24) is 5.32 Å². The van der Waals surface area contributed by atoms with E-state index >= 15 is 0 Å². The summed E-state index contributed by atoms with van der Waals surface area (Å²) < 4.78 is 0. The van der Waals surface area contributed by atoms with Crippen molar-refractivity contribution in [2.24, 2.45) is 11.7 Å². The number of allylic oxidation sites excluding steroid dienone is 1. The van der Waals surface area contributed by atoms with Gasteiger partial charge in [-0.3, -0.25) is 4.79 Å². The van der Waals surface area contributed by atoms with Gasteiger partial charge < -0.3 is 11.1 Å². The summed E-state index contributed by atoms with van der Waals surface area (Å²) in [4.78, 5) is 11.0. The highest BCUT2D eigenvalue weighted by atomic mass is 16.1. The van der Waals surface area contributed by atoms with Crippen molar-refractivity contribution in [3.05, 3.63) is 11.6 Å². The lowest BCUT2D eigenvalue weighted by atomic mass is 9.75. The van der Waals surface area contributed by atoms with Crippen LogP contribution in [0.1, 0.15) is 47.5 Å². The van der Waals surface area contributed by atoms with Gasteiger partial charge in [-0.15, -0.1) is 0 Å². The second kappa shape index (κ2) is 4.21. The number of nitrogens with one attached hydrogen (secondary N) is 1. The fraction of sp³-hybridized carbons (Fsp3) is 0.769. The van der Waals surface area contributed by atoms with E-state index in [1.54, 1.807) is 6.92 Å². The maximum absolute atomic E-state index is 11.0. The predicted octanol–water partition coefficient (Wildman–Crippen LogP) is 1.97. The number of primary amides is 1. The van der Waals surface area contributed by atoms with Gasteiger partial charge in [-0.1, -0.05) is 6.08 Å². The number of hydrogen-bond acceptors (Lipinski definition) is 2. The van der Waals surface area contributed by atoms with Crippen molar-refractivity contribution in [1.29, 1.82) is 0 Å². The van der Waals surface area contributed by atoms with E-state index in [1.165, 1.54) is 0 Å². The molecule has 0 aromatic rings. The van der Waals surface area contributed by atoms with Crippen molar-refractivity contribution < 1.29 is 4.79 Å². The van der Waals surface area contributed by atoms with E-state index in [-0.39, 0.29) is 17.0 Å². The number of carbonyl (C=O) groups excluding carboxylic acids is 1. The van der Waals surface area contributed by atoms with Crippen molar-refractivity contribution >= 4 is 5.91 Å². The molecule has 0 aromatic heterocycles. The summed E-state index contributed by atoms with van der Waals surface area (Å²) in [6, 6.07) is 0. The number of carbonyl (C=O) groups is 1. The van der Waals surface area contributed by atoms with Gasteiger partial charge in [0.25, 0.3) is 0 Å². The predicted molar refractivity (Wildman–Crippen MR) is 67.0 cm³/mol. The Kier molecular flexibility index (Phi) is 3.48. The van der Waals surface area contributed by atoms with Crippen molar-refractivity contribution in [3.8, 4) is 0 Å². The van der Waals surface area contributed by atoms with Crippen LogP contribution in [0.5, 0.6) is 0 Å². The molecule has 1 aliphatic heterocycles. The Morgan fingerprint density at radius 3 is 2.06 bits per heavy atom. The van der Waals surface area contributed by atoms with Gasteiger partial charge in [-0.05, 0) is 53.4 Å². The highest BCUT2D eigenvalue weighted by Gasteiger charge is 2.36. The molecule has 0 saturated carbocycles. The quantitative estimate of drug-likeness (QED) is 0.705. The Bertz CT molecular complexity index is 300. The lowest BCUT2D eigenvalue weighted by Crippen LogP contribution is -2.57. The Hall–Kier alpha value is -0.830. The first kappa shape index (κ1) is 13.2. The van der Waals surface area contributed by atoms with E-state index in [0.29, 0.717) is 11.5 Å². The Morgan fingerprint density at radius 2 is 1.69 bits per heavy atom. The summed E-state index contributed by atoms with van der Waals surface area (Å²) in [5.74, 6) is 0.118. The third kappa shape index (κ3) is 3.63. The van der Waals surface area contributed by atoms with Gasteiger partial charge in [-0.25, -0.2) is 0 Å². The molecule has 0 aliphatic carbocycles. The highest BCUT2D eigenvalue weighted by Crippen LogP contribution is 2.33. The van der Waals surface area contributed by atoms with E-state index in [4.69, 9.17) is 5.73 Å². The zero-order chi connectivity index (χ0) is 12.6. The molecule has 1 aliphatic rings. The van der Waals surface area contributed by atoms with E-state index < -0.39 is 0 Å². The van der Waals surface area contributed by atoms with Gasteiger partial charge in [0.2, 0.25) is 5.91 Å². The summed E-state index contributed by atoms with van der Waals surface area (Å²) in [7, 11) is 0. The summed E-state index contributed by atoms with van der Waals surface area (Å²) in [6.45, 7) is 10.6. The second-order valence-electron chi connectivity index (χ2n) is 6.28. The Labute approximate surface area is 98.5 Å². The van der Waals surface area contributed by atoms with Crippen LogP contribution >= 0.6 is 0 Å². The number of piperidine rings is 1. The first-order valence-corrected chi connectivity index (χ1v) is 5.89. The number of hydrogen-bond donors (Lipinski definition) is 2. The fourth-order valence-electron chi connectivity index (χ4n) is 2.95. The summed E-state index contributed by atoms with van der Waals surface area (Å²) in [6.07, 6.45) is 4.12. The minimum absolute atomic E-state index is 0.112. The first-order valence-electron chi connectivity index (χ1n) is 5.89. The van der Waals surface area contributed by atoms with Gasteiger partial charge in [0.1, 0.15) is 0 Å². The molecule has 0 atom stereocenters. The molecule has 0 spiro atoms. The number of amides is 1. The molecule has 0 bridgehead atoms. The molecule has 0 radical (unpaired) electrons. The molecular weight excluding hydrogens is 200 g/mol. The monoisotopic (exact) mass is 224 g/mol. The van der Waals surface area contributed by atoms with E-state index in [0.717, 1.165) is 12.8 Å². The maximum atomic E-state index is 11.0. The Balaban J connectivity index is 2.83. The fourth-order valence-corrected chi connectivity index (χ4v) is 2.95. The molecule has 1 fully saturated rings. The molecule has 1 saturated heterocycles. The van der Waals surface area contributed by atoms with Crippen LogP contribution in [0.2, 0.25) is 0 Å². The third-order valence-electron chi connectivity index (χ3n) is 3.10. The van der Waals surface area contributed by atoms with Crippen LogP contribution in [-0.2, 0) is 4.79 Å². The molecule has 16 heavy (non-hydrogen) atoms. The molecule has 0 aromatic carbocycles. The lowest BCUT2D eigenvalue weighted by Gasteiger charge is -2.46. The van der Waals surface area contributed by atoms with Crippen LogP contribution in [0.3, 0.4) is 0 Å². The Morgan fingerprint density at radius 1 is 1.25 bits per heavy atom. The van der Waals surface area contributed by atoms with Crippen molar-refractivity contribution in [3.63, 3.8) is 0 Å². The van der Waals surface area contributed by atoms with Crippen molar-refractivity contribution in [2.75, 3.05) is 0 Å². The van der Waals surface area contributed by atoms with E-state index in [9.17, 15) is 4.79 Å². The van der Waals surface area contributed by atoms with Crippen LogP contribution in [0.4, 0.5) is 0 Å². The van der Waals surface area contributed by atoms with Gasteiger partial charge in [0, 0.05) is 16.7 Å². The molecule has 1 heterocycles. The average molecular weight is 224 g/mol. The SMILES string of the molecule is CC(=CC1CC(C)(C)NC(C)(C)C1)C(N)=O. The van der Waals surface area contributed by atoms with Crippen LogP contribution in [0, 0.1) is 5.92 Å². The maximum Gasteiger partial charge on any atom is 0.244 e. The zero-order valence-corrected chi connectivity index (χ0v) is 11.1. The van der Waals surface area contributed by atoms with Gasteiger partial charge in [0.15, 0.2) is 0 Å². The average Bonchev–Trinajstić information content (AvgIpc) is 1.96. The van der Waals surface area contributed by atoms with Crippen LogP contribution in [0.25, 0.3) is 0 Å². The molecule has 1 rings (SSSR count). The molecule has 1 amide bonds. The summed E-state index contributed by atoms with van der Waals surface area (Å²) in [5.41, 5.74) is 6.17. The molecule has 3 N–H and O–H groups in total. The summed E-state index contributed by atoms with van der Waals surface area (Å²) in [5, 5.41) is 3.62. The minimum atomic E-state index is -0.311. The summed E-state index contributed by atoms with van der Waals surface area (Å²) >= 11 is 0. The molecule has 92 valence electrons. The normalized spacial score (nSPS) is 25.4. The molecule has 3 nitrogen and oxygen atoms in total. The standard InChI is InChI=1S/C13H24N2O/c1-9(11(14)16)6-10-7-12(2,3)15-13(4,5)8-10/h6,10,15H,7-8H2,1-5H3,(H2,14,16). The third-order valence-corrected chi connectivity index (χ3v) is 3.10. The highest BCUT2D eigenvalue weighted by molar-refractivity contribution is 5.91.